The summed E-state index contributed by atoms with van der Waals surface area (Å²) >= 11 is 5.79. The molecule has 0 heterocycles. The predicted octanol–water partition coefficient (Wildman–Crippen LogP) is 4.57. The van der Waals surface area contributed by atoms with Gasteiger partial charge in [0.1, 0.15) is 5.60 Å². The fourth-order valence-corrected chi connectivity index (χ4v) is 3.16. The highest BCUT2D eigenvalue weighted by molar-refractivity contribution is 14.1. The Kier molecular flexibility index (Phi) is 4.16. The fraction of sp³-hybridized carbons (Fsp3) is 0.500. The Morgan fingerprint density at radius 2 is 2.05 bits per heavy atom. The number of hydrogen-bond donors (Lipinski definition) is 1. The zero-order valence-electron chi connectivity index (χ0n) is 11.2. The molecular weight excluding hydrogens is 421 g/mol. The van der Waals surface area contributed by atoms with Gasteiger partial charge in [-0.2, -0.15) is 0 Å². The van der Waals surface area contributed by atoms with Crippen LogP contribution in [0.25, 0.3) is 0 Å². The number of benzene rings is 1. The number of nitrogens with one attached hydrogen (secondary N) is 1. The van der Waals surface area contributed by atoms with E-state index in [-0.39, 0.29) is 11.6 Å². The highest BCUT2D eigenvalue weighted by atomic mass is 127. The molecule has 104 valence electrons. The summed E-state index contributed by atoms with van der Waals surface area (Å²) in [5, 5.41) is 3.02. The Morgan fingerprint density at radius 1 is 1.42 bits per heavy atom. The van der Waals surface area contributed by atoms with Crippen LogP contribution in [0.15, 0.2) is 22.7 Å². The Balaban J connectivity index is 2.15. The maximum absolute atomic E-state index is 11.9. The van der Waals surface area contributed by atoms with Crippen LogP contribution < -0.4 is 5.32 Å². The zero-order chi connectivity index (χ0) is 14.3. The van der Waals surface area contributed by atoms with Gasteiger partial charge in [0.2, 0.25) is 0 Å². The fourth-order valence-electron chi connectivity index (χ4n) is 1.95. The monoisotopic (exact) mass is 437 g/mol. The third kappa shape index (κ3) is 3.84. The summed E-state index contributed by atoms with van der Waals surface area (Å²) < 4.78 is 7.53. The number of amides is 1. The molecule has 0 atom stereocenters. The molecule has 1 N–H and O–H groups in total. The smallest absolute Gasteiger partial charge is 0.408 e. The summed E-state index contributed by atoms with van der Waals surface area (Å²) in [6.07, 6.45) is 1.57. The molecule has 1 saturated carbocycles. The third-order valence-corrected chi connectivity index (χ3v) is 4.37. The molecule has 2 rings (SSSR count). The summed E-state index contributed by atoms with van der Waals surface area (Å²) in [5.74, 6) is 0. The molecule has 5 heteroatoms. The topological polar surface area (TPSA) is 38.3 Å². The number of rotatable bonds is 2. The first-order chi connectivity index (χ1) is 8.72. The first-order valence-corrected chi connectivity index (χ1v) is 8.06. The van der Waals surface area contributed by atoms with E-state index in [2.05, 4.69) is 56.0 Å². The predicted molar refractivity (Wildman–Crippen MR) is 87.1 cm³/mol. The van der Waals surface area contributed by atoms with E-state index in [0.29, 0.717) is 0 Å². The molecule has 0 saturated heterocycles. The van der Waals surface area contributed by atoms with Crippen molar-refractivity contribution in [1.29, 1.82) is 0 Å². The Morgan fingerprint density at radius 3 is 2.58 bits per heavy atom. The quantitative estimate of drug-likeness (QED) is 0.688. The van der Waals surface area contributed by atoms with E-state index in [4.69, 9.17) is 4.74 Å². The molecule has 0 spiro atoms. The highest BCUT2D eigenvalue weighted by Crippen LogP contribution is 2.47. The summed E-state index contributed by atoms with van der Waals surface area (Å²) in [4.78, 5) is 11.9. The van der Waals surface area contributed by atoms with Gasteiger partial charge in [0.15, 0.2) is 0 Å². The maximum atomic E-state index is 11.9. The van der Waals surface area contributed by atoms with Crippen LogP contribution in [0.5, 0.6) is 0 Å². The minimum atomic E-state index is -0.468. The molecule has 0 aliphatic heterocycles. The molecule has 1 aliphatic carbocycles. The van der Waals surface area contributed by atoms with E-state index in [9.17, 15) is 4.79 Å². The average Bonchev–Trinajstić information content (AvgIpc) is 2.99. The number of carbonyl (C=O) groups excluding carboxylic acids is 1. The van der Waals surface area contributed by atoms with Crippen molar-refractivity contribution < 1.29 is 9.53 Å². The second-order valence-corrected chi connectivity index (χ2v) is 7.91. The van der Waals surface area contributed by atoms with Crippen LogP contribution in [0.1, 0.15) is 39.2 Å². The molecular formula is C14H17BrINO2. The molecule has 0 bridgehead atoms. The largest absolute Gasteiger partial charge is 0.444 e. The summed E-state index contributed by atoms with van der Waals surface area (Å²) in [6, 6.07) is 6.14. The van der Waals surface area contributed by atoms with Gasteiger partial charge >= 0.3 is 6.09 Å². The summed E-state index contributed by atoms with van der Waals surface area (Å²) in [5.41, 5.74) is 0.445. The first-order valence-electron chi connectivity index (χ1n) is 6.19. The molecule has 0 radical (unpaired) electrons. The Bertz CT molecular complexity index is 507. The van der Waals surface area contributed by atoms with Crippen LogP contribution in [0.3, 0.4) is 0 Å². The van der Waals surface area contributed by atoms with Gasteiger partial charge < -0.3 is 10.1 Å². The van der Waals surface area contributed by atoms with Crippen LogP contribution in [0.2, 0.25) is 0 Å². The zero-order valence-corrected chi connectivity index (χ0v) is 15.0. The van der Waals surface area contributed by atoms with Crippen molar-refractivity contribution in [2.24, 2.45) is 0 Å². The van der Waals surface area contributed by atoms with Crippen LogP contribution in [0, 0.1) is 3.57 Å². The van der Waals surface area contributed by atoms with Gasteiger partial charge in [-0.1, -0.05) is 15.9 Å². The number of halogens is 2. The standard InChI is InChI=1S/C14H17BrINO2/c1-13(2,3)19-12(18)17-14(6-7-14)10-8-9(15)4-5-11(10)16/h4-5,8H,6-7H2,1-3H3,(H,17,18). The van der Waals surface area contributed by atoms with Crippen LogP contribution in [0.4, 0.5) is 4.79 Å². The molecule has 1 fully saturated rings. The van der Waals surface area contributed by atoms with Crippen molar-refractivity contribution in [2.45, 2.75) is 44.8 Å². The number of alkyl carbamates (subject to hydrolysis) is 1. The van der Waals surface area contributed by atoms with Gasteiger partial charge in [-0.05, 0) is 80.0 Å². The van der Waals surface area contributed by atoms with Gasteiger partial charge in [-0.25, -0.2) is 4.79 Å². The van der Waals surface area contributed by atoms with Crippen molar-refractivity contribution in [2.75, 3.05) is 0 Å². The molecule has 3 nitrogen and oxygen atoms in total. The van der Waals surface area contributed by atoms with Crippen molar-refractivity contribution in [1.82, 2.24) is 5.32 Å². The minimum absolute atomic E-state index is 0.247. The minimum Gasteiger partial charge on any atom is -0.444 e. The molecule has 0 aromatic heterocycles. The van der Waals surface area contributed by atoms with Crippen molar-refractivity contribution in [3.63, 3.8) is 0 Å². The summed E-state index contributed by atoms with van der Waals surface area (Å²) in [6.45, 7) is 5.61. The van der Waals surface area contributed by atoms with E-state index >= 15 is 0 Å². The lowest BCUT2D eigenvalue weighted by atomic mass is 10.1. The normalized spacial score (nSPS) is 16.9. The number of ether oxygens (including phenoxy) is 1. The first kappa shape index (κ1) is 15.1. The second-order valence-electron chi connectivity index (χ2n) is 5.83. The Labute approximate surface area is 135 Å². The van der Waals surface area contributed by atoms with E-state index in [1.807, 2.05) is 26.8 Å². The third-order valence-electron chi connectivity index (χ3n) is 2.93. The van der Waals surface area contributed by atoms with E-state index in [1.54, 1.807) is 0 Å². The number of carbonyl (C=O) groups is 1. The Hall–Kier alpha value is -0.300. The average molecular weight is 438 g/mol. The summed E-state index contributed by atoms with van der Waals surface area (Å²) in [7, 11) is 0. The van der Waals surface area contributed by atoms with Crippen LogP contribution in [-0.4, -0.2) is 11.7 Å². The molecule has 19 heavy (non-hydrogen) atoms. The molecule has 1 amide bonds. The molecule has 1 aromatic carbocycles. The van der Waals surface area contributed by atoms with Crippen LogP contribution >= 0.6 is 38.5 Å². The highest BCUT2D eigenvalue weighted by Gasteiger charge is 2.47. The van der Waals surface area contributed by atoms with Crippen LogP contribution in [-0.2, 0) is 10.3 Å². The van der Waals surface area contributed by atoms with Gasteiger partial charge in [0.05, 0.1) is 5.54 Å². The molecule has 0 unspecified atom stereocenters. The van der Waals surface area contributed by atoms with Gasteiger partial charge in [-0.15, -0.1) is 0 Å². The van der Waals surface area contributed by atoms with E-state index in [1.165, 1.54) is 0 Å². The van der Waals surface area contributed by atoms with E-state index in [0.717, 1.165) is 26.4 Å². The van der Waals surface area contributed by atoms with Crippen molar-refractivity contribution in [3.8, 4) is 0 Å². The van der Waals surface area contributed by atoms with Crippen molar-refractivity contribution in [3.05, 3.63) is 31.8 Å². The van der Waals surface area contributed by atoms with E-state index < -0.39 is 5.60 Å². The van der Waals surface area contributed by atoms with Gasteiger partial charge in [0.25, 0.3) is 0 Å². The second kappa shape index (κ2) is 5.24. The lowest BCUT2D eigenvalue weighted by Gasteiger charge is -2.24. The van der Waals surface area contributed by atoms with Gasteiger partial charge in [0, 0.05) is 8.04 Å². The lowest BCUT2D eigenvalue weighted by Crippen LogP contribution is -2.39. The SMILES string of the molecule is CC(C)(C)OC(=O)NC1(c2cc(Br)ccc2I)CC1. The molecule has 1 aliphatic rings. The number of hydrogen-bond acceptors (Lipinski definition) is 2. The lowest BCUT2D eigenvalue weighted by molar-refractivity contribution is 0.0495. The maximum Gasteiger partial charge on any atom is 0.408 e. The molecule has 1 aromatic rings. The van der Waals surface area contributed by atoms with Crippen molar-refractivity contribution >= 4 is 44.6 Å². The van der Waals surface area contributed by atoms with Gasteiger partial charge in [-0.3, -0.25) is 0 Å².